The summed E-state index contributed by atoms with van der Waals surface area (Å²) in [5.74, 6) is 0.843. The van der Waals surface area contributed by atoms with Gasteiger partial charge in [0.05, 0.1) is 27.7 Å². The van der Waals surface area contributed by atoms with E-state index in [0.29, 0.717) is 0 Å². The molecule has 0 unspecified atom stereocenters. The summed E-state index contributed by atoms with van der Waals surface area (Å²) in [4.78, 5) is 0. The van der Waals surface area contributed by atoms with Gasteiger partial charge >= 0.3 is 0 Å². The number of hydrogen-bond acceptors (Lipinski definition) is 0. The molecule has 0 heterocycles. The van der Waals surface area contributed by atoms with Gasteiger partial charge in [-0.3, -0.25) is 0 Å². The third kappa shape index (κ3) is 22.8. The van der Waals surface area contributed by atoms with Crippen LogP contribution in [0, 0.1) is 0 Å². The molecule has 0 aliphatic carbocycles. The summed E-state index contributed by atoms with van der Waals surface area (Å²) < 4.78 is 1.12. The monoisotopic (exact) mass is 353 g/mol. The van der Waals surface area contributed by atoms with Gasteiger partial charge in [-0.1, -0.05) is 70.6 Å². The highest BCUT2D eigenvalue weighted by Gasteiger charge is 2.04. The molecule has 0 aromatic heterocycles. The molecule has 0 radical (unpaired) electrons. The fourth-order valence-corrected chi connectivity index (χ4v) is 2.99. The Labute approximate surface area is 152 Å². The molecule has 1 nitrogen and oxygen atoms in total. The number of rotatable bonds is 16. The number of alkyl halides is 1. The fourth-order valence-electron chi connectivity index (χ4n) is 2.80. The number of hydrogen-bond donors (Lipinski definition) is 0. The third-order valence-corrected chi connectivity index (χ3v) is 4.48. The topological polar surface area (TPSA) is 0 Å². The van der Waals surface area contributed by atoms with Crippen molar-refractivity contribution < 1.29 is 16.9 Å². The van der Waals surface area contributed by atoms with Crippen LogP contribution in [0.2, 0.25) is 0 Å². The summed E-state index contributed by atoms with van der Waals surface area (Å²) in [6.07, 6.45) is 19.8. The minimum atomic E-state index is 0. The highest BCUT2D eigenvalue weighted by Crippen LogP contribution is 2.13. The van der Waals surface area contributed by atoms with Crippen LogP contribution >= 0.6 is 11.6 Å². The molecule has 0 N–H and O–H groups in total. The average molecular weight is 354 g/mol. The van der Waals surface area contributed by atoms with Gasteiger partial charge in [-0.15, -0.1) is 11.6 Å². The van der Waals surface area contributed by atoms with Crippen molar-refractivity contribution in [1.29, 1.82) is 0 Å². The minimum Gasteiger partial charge on any atom is -1.00 e. The van der Waals surface area contributed by atoms with E-state index >= 15 is 0 Å². The zero-order valence-electron chi connectivity index (χ0n) is 15.5. The second kappa shape index (κ2) is 17.9. The lowest BCUT2D eigenvalue weighted by molar-refractivity contribution is -0.870. The summed E-state index contributed by atoms with van der Waals surface area (Å²) >= 11 is 5.67. The zero-order valence-corrected chi connectivity index (χ0v) is 17.0. The molecule has 0 fully saturated rings. The van der Waals surface area contributed by atoms with Crippen molar-refractivity contribution in [2.45, 2.75) is 89.9 Å². The second-order valence-electron chi connectivity index (χ2n) is 7.65. The van der Waals surface area contributed by atoms with Crippen molar-refractivity contribution in [3.63, 3.8) is 0 Å². The largest absolute Gasteiger partial charge is 1.00 e. The molecular formula is C19H41Cl2N. The molecule has 3 heteroatoms. The molecule has 0 rings (SSSR count). The van der Waals surface area contributed by atoms with Crippen molar-refractivity contribution >= 4 is 11.6 Å². The van der Waals surface area contributed by atoms with E-state index in [1.54, 1.807) is 0 Å². The van der Waals surface area contributed by atoms with E-state index in [0.717, 1.165) is 10.4 Å². The van der Waals surface area contributed by atoms with Gasteiger partial charge in [0, 0.05) is 5.88 Å². The standard InChI is InChI=1S/C19H41ClN.ClH/c1-21(2,3)19-17-15-13-11-9-7-5-4-6-8-10-12-14-16-18-20;/h4-19H2,1-3H3;1H/q+1;/p-1. The highest BCUT2D eigenvalue weighted by molar-refractivity contribution is 6.17. The first-order valence-corrected chi connectivity index (χ1v) is 9.96. The minimum absolute atomic E-state index is 0. The molecular weight excluding hydrogens is 313 g/mol. The molecule has 0 aliphatic heterocycles. The summed E-state index contributed by atoms with van der Waals surface area (Å²) in [6.45, 7) is 1.32. The maximum Gasteiger partial charge on any atom is 0.0780 e. The predicted molar refractivity (Wildman–Crippen MR) is 98.3 cm³/mol. The summed E-state index contributed by atoms with van der Waals surface area (Å²) in [7, 11) is 6.87. The first kappa shape index (κ1) is 24.8. The lowest BCUT2D eigenvalue weighted by atomic mass is 10.0. The number of unbranched alkanes of at least 4 members (excludes halogenated alkanes) is 13. The Morgan fingerprint density at radius 1 is 0.500 bits per heavy atom. The molecule has 0 spiro atoms. The van der Waals surface area contributed by atoms with Gasteiger partial charge in [0.1, 0.15) is 0 Å². The van der Waals surface area contributed by atoms with Crippen molar-refractivity contribution in [3.8, 4) is 0 Å². The normalized spacial score (nSPS) is 11.5. The first-order valence-electron chi connectivity index (χ1n) is 9.43. The number of halogens is 2. The summed E-state index contributed by atoms with van der Waals surface area (Å²) in [5.41, 5.74) is 0. The fraction of sp³-hybridized carbons (Fsp3) is 1.00. The molecule has 0 aliphatic rings. The molecule has 0 atom stereocenters. The summed E-state index contributed by atoms with van der Waals surface area (Å²) in [5, 5.41) is 0. The summed E-state index contributed by atoms with van der Waals surface area (Å²) in [6, 6.07) is 0. The Hall–Kier alpha value is 0.540. The van der Waals surface area contributed by atoms with Crippen LogP contribution in [0.1, 0.15) is 89.9 Å². The molecule has 0 aromatic rings. The van der Waals surface area contributed by atoms with Crippen molar-refractivity contribution in [3.05, 3.63) is 0 Å². The van der Waals surface area contributed by atoms with Crippen molar-refractivity contribution in [2.75, 3.05) is 33.6 Å². The quantitative estimate of drug-likeness (QED) is 0.226. The average Bonchev–Trinajstić information content (AvgIpc) is 2.42. The van der Waals surface area contributed by atoms with Crippen molar-refractivity contribution in [1.82, 2.24) is 0 Å². The Kier molecular flexibility index (Phi) is 20.2. The molecule has 0 saturated heterocycles. The van der Waals surface area contributed by atoms with Crippen LogP contribution in [-0.2, 0) is 0 Å². The SMILES string of the molecule is C[N+](C)(C)CCCCCCCCCCCCCCCCCl.[Cl-]. The second-order valence-corrected chi connectivity index (χ2v) is 8.03. The molecule has 136 valence electrons. The molecule has 22 heavy (non-hydrogen) atoms. The Morgan fingerprint density at radius 3 is 1.05 bits per heavy atom. The lowest BCUT2D eigenvalue weighted by Gasteiger charge is -2.23. The maximum atomic E-state index is 5.67. The van der Waals surface area contributed by atoms with E-state index in [-0.39, 0.29) is 12.4 Å². The van der Waals surface area contributed by atoms with Gasteiger partial charge in [0.15, 0.2) is 0 Å². The number of nitrogens with zero attached hydrogens (tertiary/aromatic N) is 1. The van der Waals surface area contributed by atoms with Crippen LogP contribution in [0.3, 0.4) is 0 Å². The highest BCUT2D eigenvalue weighted by atomic mass is 35.5. The van der Waals surface area contributed by atoms with Crippen LogP contribution in [0.5, 0.6) is 0 Å². The molecule has 0 bridgehead atoms. The van der Waals surface area contributed by atoms with Gasteiger partial charge in [-0.2, -0.15) is 0 Å². The molecule has 0 aromatic carbocycles. The zero-order chi connectivity index (χ0) is 15.8. The predicted octanol–water partition coefficient (Wildman–Crippen LogP) is 3.40. The maximum absolute atomic E-state index is 5.67. The van der Waals surface area contributed by atoms with E-state index < -0.39 is 0 Å². The van der Waals surface area contributed by atoms with E-state index in [1.165, 1.54) is 96.4 Å². The van der Waals surface area contributed by atoms with Crippen LogP contribution in [-0.4, -0.2) is 38.1 Å². The van der Waals surface area contributed by atoms with Crippen LogP contribution < -0.4 is 12.4 Å². The molecule has 0 amide bonds. The van der Waals surface area contributed by atoms with Gasteiger partial charge in [-0.05, 0) is 19.3 Å². The molecule has 0 saturated carbocycles. The van der Waals surface area contributed by atoms with Gasteiger partial charge in [-0.25, -0.2) is 0 Å². The van der Waals surface area contributed by atoms with Gasteiger partial charge in [0.2, 0.25) is 0 Å². The smallest absolute Gasteiger partial charge is 0.0780 e. The van der Waals surface area contributed by atoms with Crippen LogP contribution in [0.15, 0.2) is 0 Å². The van der Waals surface area contributed by atoms with Gasteiger partial charge < -0.3 is 16.9 Å². The number of quaternary nitrogens is 1. The van der Waals surface area contributed by atoms with Crippen LogP contribution in [0.4, 0.5) is 0 Å². The van der Waals surface area contributed by atoms with Crippen molar-refractivity contribution in [2.24, 2.45) is 0 Å². The van der Waals surface area contributed by atoms with Gasteiger partial charge in [0.25, 0.3) is 0 Å². The third-order valence-electron chi connectivity index (χ3n) is 4.21. The Bertz CT molecular complexity index is 202. The Morgan fingerprint density at radius 2 is 0.773 bits per heavy atom. The Balaban J connectivity index is 0. The lowest BCUT2D eigenvalue weighted by Crippen LogP contribution is -3.00. The van der Waals surface area contributed by atoms with E-state index in [9.17, 15) is 0 Å². The first-order chi connectivity index (χ1) is 10.1. The van der Waals surface area contributed by atoms with E-state index in [2.05, 4.69) is 21.1 Å². The van der Waals surface area contributed by atoms with Crippen LogP contribution in [0.25, 0.3) is 0 Å². The van der Waals surface area contributed by atoms with E-state index in [4.69, 9.17) is 11.6 Å². The van der Waals surface area contributed by atoms with E-state index in [1.807, 2.05) is 0 Å².